The van der Waals surface area contributed by atoms with Crippen LogP contribution in [-0.2, 0) is 0 Å². The summed E-state index contributed by atoms with van der Waals surface area (Å²) < 4.78 is 10.4. The average molecular weight is 330 g/mol. The minimum atomic E-state index is -0.214. The Bertz CT molecular complexity index is 627. The Morgan fingerprint density at radius 2 is 1.83 bits per heavy atom. The van der Waals surface area contributed by atoms with E-state index >= 15 is 0 Å². The maximum absolute atomic E-state index is 12.3. The number of hydrogen-bond donors (Lipinski definition) is 1. The summed E-state index contributed by atoms with van der Waals surface area (Å²) in [6.45, 7) is 0. The number of carbonyl (C=O) groups is 1. The molecule has 0 aromatic heterocycles. The molecule has 0 heterocycles. The first kappa shape index (κ1) is 16.8. The fraction of sp³-hybridized carbons (Fsp3) is 0.579. The summed E-state index contributed by atoms with van der Waals surface area (Å²) in [5.74, 6) is 2.58. The molecule has 5 heteroatoms. The van der Waals surface area contributed by atoms with E-state index in [4.69, 9.17) is 9.47 Å². The second-order valence-electron chi connectivity index (χ2n) is 6.74. The number of nitrogens with one attached hydrogen (secondary N) is 1. The summed E-state index contributed by atoms with van der Waals surface area (Å²) in [7, 11) is 3.13. The van der Waals surface area contributed by atoms with Gasteiger partial charge in [0.2, 0.25) is 0 Å². The number of ether oxygens (including phenoxy) is 2. The molecule has 0 bridgehead atoms. The van der Waals surface area contributed by atoms with Gasteiger partial charge in [-0.05, 0) is 55.7 Å². The Kier molecular flexibility index (Phi) is 5.38. The zero-order valence-electron chi connectivity index (χ0n) is 14.5. The first-order valence-corrected chi connectivity index (χ1v) is 8.79. The molecule has 2 atom stereocenters. The van der Waals surface area contributed by atoms with Gasteiger partial charge in [-0.25, -0.2) is 5.43 Å². The molecule has 130 valence electrons. The van der Waals surface area contributed by atoms with Crippen molar-refractivity contribution in [3.63, 3.8) is 0 Å². The molecule has 0 aliphatic heterocycles. The lowest BCUT2D eigenvalue weighted by molar-refractivity contribution is 0.0953. The number of nitrogens with zero attached hydrogens (tertiary/aromatic N) is 1. The van der Waals surface area contributed by atoms with Crippen LogP contribution in [0.2, 0.25) is 0 Å². The highest BCUT2D eigenvalue weighted by Crippen LogP contribution is 2.39. The topological polar surface area (TPSA) is 59.9 Å². The standard InChI is InChI=1S/C19H26N2O3/c1-23-17-10-8-15(12-18(17)24-2)19(22)21-20-16-9-7-13-5-3-4-6-14(13)11-16/h8,10,12-14H,3-7,9,11H2,1-2H3,(H,21,22)/b20-16-/t13-,14+/m1/s1. The maximum atomic E-state index is 12.3. The third kappa shape index (κ3) is 3.71. The van der Waals surface area contributed by atoms with Crippen LogP contribution in [0, 0.1) is 11.8 Å². The number of rotatable bonds is 4. The van der Waals surface area contributed by atoms with Gasteiger partial charge in [-0.3, -0.25) is 4.79 Å². The van der Waals surface area contributed by atoms with Crippen molar-refractivity contribution in [1.82, 2.24) is 5.43 Å². The van der Waals surface area contributed by atoms with E-state index < -0.39 is 0 Å². The van der Waals surface area contributed by atoms with E-state index in [2.05, 4.69) is 10.5 Å². The van der Waals surface area contributed by atoms with Crippen LogP contribution in [0.4, 0.5) is 0 Å². The molecule has 2 saturated carbocycles. The number of hydrazone groups is 1. The summed E-state index contributed by atoms with van der Waals surface area (Å²) >= 11 is 0. The summed E-state index contributed by atoms with van der Waals surface area (Å²) in [6, 6.07) is 5.12. The number of methoxy groups -OCH3 is 2. The summed E-state index contributed by atoms with van der Waals surface area (Å²) in [5.41, 5.74) is 4.35. The molecule has 0 radical (unpaired) electrons. The number of fused-ring (bicyclic) bond motifs is 1. The fourth-order valence-electron chi connectivity index (χ4n) is 3.96. The third-order valence-corrected chi connectivity index (χ3v) is 5.33. The van der Waals surface area contributed by atoms with Crippen molar-refractivity contribution in [3.8, 4) is 11.5 Å². The van der Waals surface area contributed by atoms with E-state index in [1.807, 2.05) is 0 Å². The Labute approximate surface area is 143 Å². The molecule has 1 amide bonds. The molecule has 24 heavy (non-hydrogen) atoms. The molecule has 5 nitrogen and oxygen atoms in total. The zero-order valence-corrected chi connectivity index (χ0v) is 14.5. The largest absolute Gasteiger partial charge is 0.493 e. The van der Waals surface area contributed by atoms with Gasteiger partial charge in [0, 0.05) is 11.3 Å². The van der Waals surface area contributed by atoms with Gasteiger partial charge in [0.05, 0.1) is 14.2 Å². The molecule has 0 spiro atoms. The fourth-order valence-corrected chi connectivity index (χ4v) is 3.96. The highest BCUT2D eigenvalue weighted by molar-refractivity contribution is 5.96. The monoisotopic (exact) mass is 330 g/mol. The molecular weight excluding hydrogens is 304 g/mol. The van der Waals surface area contributed by atoms with Crippen LogP contribution < -0.4 is 14.9 Å². The van der Waals surface area contributed by atoms with E-state index in [0.29, 0.717) is 17.1 Å². The molecule has 3 rings (SSSR count). The summed E-state index contributed by atoms with van der Waals surface area (Å²) in [5, 5.41) is 4.39. The van der Waals surface area contributed by atoms with Crippen molar-refractivity contribution in [3.05, 3.63) is 23.8 Å². The van der Waals surface area contributed by atoms with Crippen molar-refractivity contribution in [2.75, 3.05) is 14.2 Å². The number of hydrogen-bond acceptors (Lipinski definition) is 4. The van der Waals surface area contributed by atoms with Crippen molar-refractivity contribution in [2.24, 2.45) is 16.9 Å². The van der Waals surface area contributed by atoms with Gasteiger partial charge < -0.3 is 9.47 Å². The molecule has 2 fully saturated rings. The lowest BCUT2D eigenvalue weighted by Gasteiger charge is -2.35. The Morgan fingerprint density at radius 3 is 2.58 bits per heavy atom. The smallest absolute Gasteiger partial charge is 0.271 e. The second-order valence-corrected chi connectivity index (χ2v) is 6.74. The van der Waals surface area contributed by atoms with Crippen LogP contribution in [0.25, 0.3) is 0 Å². The van der Waals surface area contributed by atoms with E-state index in [0.717, 1.165) is 30.4 Å². The van der Waals surface area contributed by atoms with Gasteiger partial charge in [-0.2, -0.15) is 5.10 Å². The predicted molar refractivity (Wildman–Crippen MR) is 93.7 cm³/mol. The lowest BCUT2D eigenvalue weighted by atomic mass is 9.70. The quantitative estimate of drug-likeness (QED) is 0.855. The van der Waals surface area contributed by atoms with Crippen LogP contribution in [0.1, 0.15) is 55.3 Å². The average Bonchev–Trinajstić information content (AvgIpc) is 2.65. The van der Waals surface area contributed by atoms with Gasteiger partial charge in [-0.15, -0.1) is 0 Å². The molecule has 1 aromatic carbocycles. The lowest BCUT2D eigenvalue weighted by Crippen LogP contribution is -2.29. The zero-order chi connectivity index (χ0) is 16.9. The number of amides is 1. The van der Waals surface area contributed by atoms with E-state index in [1.54, 1.807) is 32.4 Å². The SMILES string of the molecule is COc1ccc(C(=O)N/N=C2/CC[C@H]3CCCC[C@H]3C2)cc1OC. The Morgan fingerprint density at radius 1 is 1.08 bits per heavy atom. The van der Waals surface area contributed by atoms with Gasteiger partial charge in [0.15, 0.2) is 11.5 Å². The van der Waals surface area contributed by atoms with Crippen LogP contribution in [-0.4, -0.2) is 25.8 Å². The van der Waals surface area contributed by atoms with Gasteiger partial charge in [0.25, 0.3) is 5.91 Å². The molecule has 0 unspecified atom stereocenters. The normalized spacial score (nSPS) is 25.0. The molecule has 1 aromatic rings. The minimum Gasteiger partial charge on any atom is -0.493 e. The number of benzene rings is 1. The van der Waals surface area contributed by atoms with Gasteiger partial charge in [0.1, 0.15) is 0 Å². The predicted octanol–water partition coefficient (Wildman–Crippen LogP) is 3.78. The van der Waals surface area contributed by atoms with Gasteiger partial charge in [-0.1, -0.05) is 19.3 Å². The van der Waals surface area contributed by atoms with Crippen molar-refractivity contribution >= 4 is 11.6 Å². The van der Waals surface area contributed by atoms with E-state index in [-0.39, 0.29) is 5.91 Å². The number of carbonyl (C=O) groups excluding carboxylic acids is 1. The maximum Gasteiger partial charge on any atom is 0.271 e. The first-order valence-electron chi connectivity index (χ1n) is 8.79. The summed E-state index contributed by atoms with van der Waals surface area (Å²) in [6.07, 6.45) is 8.67. The Balaban J connectivity index is 1.62. The van der Waals surface area contributed by atoms with E-state index in [9.17, 15) is 4.79 Å². The molecule has 0 saturated heterocycles. The molecule has 1 N–H and O–H groups in total. The van der Waals surface area contributed by atoms with Crippen molar-refractivity contribution in [2.45, 2.75) is 44.9 Å². The van der Waals surface area contributed by atoms with Crippen LogP contribution in [0.15, 0.2) is 23.3 Å². The Hall–Kier alpha value is -2.04. The minimum absolute atomic E-state index is 0.214. The van der Waals surface area contributed by atoms with Gasteiger partial charge >= 0.3 is 0 Å². The highest BCUT2D eigenvalue weighted by Gasteiger charge is 2.30. The van der Waals surface area contributed by atoms with Crippen molar-refractivity contribution < 1.29 is 14.3 Å². The van der Waals surface area contributed by atoms with Crippen LogP contribution in [0.3, 0.4) is 0 Å². The summed E-state index contributed by atoms with van der Waals surface area (Å²) in [4.78, 5) is 12.3. The van der Waals surface area contributed by atoms with Crippen LogP contribution in [0.5, 0.6) is 11.5 Å². The molecule has 2 aliphatic rings. The van der Waals surface area contributed by atoms with Crippen LogP contribution >= 0.6 is 0 Å². The second kappa shape index (κ2) is 7.69. The highest BCUT2D eigenvalue weighted by atomic mass is 16.5. The van der Waals surface area contributed by atoms with Crippen molar-refractivity contribution in [1.29, 1.82) is 0 Å². The van der Waals surface area contributed by atoms with E-state index in [1.165, 1.54) is 32.1 Å². The third-order valence-electron chi connectivity index (χ3n) is 5.33. The molecule has 2 aliphatic carbocycles. The first-order chi connectivity index (χ1) is 11.7. The molecular formula is C19H26N2O3.